The number of fused-ring (bicyclic) bond motifs is 1. The summed E-state index contributed by atoms with van der Waals surface area (Å²) in [5.74, 6) is 1.29. The van der Waals surface area contributed by atoms with Crippen LogP contribution in [0.5, 0.6) is 0 Å². The van der Waals surface area contributed by atoms with Crippen LogP contribution < -0.4 is 4.90 Å². The Morgan fingerprint density at radius 3 is 2.56 bits per heavy atom. The molecule has 2 saturated heterocycles. The Balaban J connectivity index is 1.56. The summed E-state index contributed by atoms with van der Waals surface area (Å²) >= 11 is 1.56. The van der Waals surface area contributed by atoms with Gasteiger partial charge in [0.25, 0.3) is 0 Å². The predicted molar refractivity (Wildman–Crippen MR) is 117 cm³/mol. The van der Waals surface area contributed by atoms with Gasteiger partial charge >= 0.3 is 0 Å². The van der Waals surface area contributed by atoms with Crippen LogP contribution in [-0.4, -0.2) is 86.1 Å². The Morgan fingerprint density at radius 2 is 1.84 bits per heavy atom. The lowest BCUT2D eigenvalue weighted by atomic mass is 10.1. The molecule has 2 aliphatic heterocycles. The van der Waals surface area contributed by atoms with E-state index < -0.39 is 31.1 Å². The maximum atomic E-state index is 10.7. The van der Waals surface area contributed by atoms with Crippen molar-refractivity contribution in [3.05, 3.63) is 42.2 Å². The van der Waals surface area contributed by atoms with E-state index in [1.807, 2.05) is 23.1 Å². The van der Waals surface area contributed by atoms with Gasteiger partial charge in [0.15, 0.2) is 11.9 Å². The number of rotatable bonds is 6. The normalized spacial score (nSPS) is 26.2. The van der Waals surface area contributed by atoms with Crippen molar-refractivity contribution in [3.63, 3.8) is 0 Å². The Kier molecular flexibility index (Phi) is 6.26. The molecule has 2 fully saturated rings. The van der Waals surface area contributed by atoms with Gasteiger partial charge in [-0.05, 0) is 5.56 Å². The maximum absolute atomic E-state index is 10.7. The molecule has 2 aliphatic rings. The highest BCUT2D eigenvalue weighted by Gasteiger charge is 2.45. The fourth-order valence-corrected chi connectivity index (χ4v) is 4.91. The van der Waals surface area contributed by atoms with Crippen LogP contribution in [-0.2, 0) is 15.2 Å². The van der Waals surface area contributed by atoms with Crippen molar-refractivity contribution in [2.45, 2.75) is 35.3 Å². The Labute approximate surface area is 188 Å². The quantitative estimate of drug-likeness (QED) is 0.356. The summed E-state index contributed by atoms with van der Waals surface area (Å²) in [5, 5.41) is 31.3. The van der Waals surface area contributed by atoms with Crippen molar-refractivity contribution >= 4 is 28.9 Å². The molecule has 1 unspecified atom stereocenters. The topological polar surface area (TPSA) is 126 Å². The molecule has 0 radical (unpaired) electrons. The molecular weight excluding hydrogens is 434 g/mol. The zero-order valence-corrected chi connectivity index (χ0v) is 18.1. The van der Waals surface area contributed by atoms with Gasteiger partial charge in [0.1, 0.15) is 35.2 Å². The largest absolute Gasteiger partial charge is 0.394 e. The van der Waals surface area contributed by atoms with Crippen molar-refractivity contribution < 1.29 is 24.8 Å². The second-order valence-corrected chi connectivity index (χ2v) is 8.70. The molecule has 2 aromatic heterocycles. The van der Waals surface area contributed by atoms with E-state index in [0.717, 1.165) is 10.8 Å². The zero-order valence-electron chi connectivity index (χ0n) is 17.3. The first-order chi connectivity index (χ1) is 15.7. The Morgan fingerprint density at radius 1 is 1.06 bits per heavy atom. The van der Waals surface area contributed by atoms with Gasteiger partial charge in [-0.25, -0.2) is 15.0 Å². The van der Waals surface area contributed by atoms with Crippen LogP contribution in [0.2, 0.25) is 0 Å². The standard InChI is InChI=1S/C21H25N5O5S/c27-10-14-16(28)17(29)20(31-14)26-18-15(24-21(26)25-6-8-30-9-7-25)19(23-12-22-18)32-11-13-4-2-1-3-5-13/h1-5,12,14,16-17,20,27-29H,6-11H2/t14-,16-,17-,20?/m1/s1. The minimum Gasteiger partial charge on any atom is -0.394 e. The van der Waals surface area contributed by atoms with Gasteiger partial charge in [0.05, 0.1) is 19.8 Å². The van der Waals surface area contributed by atoms with Gasteiger partial charge < -0.3 is 29.7 Å². The molecule has 5 rings (SSSR count). The number of aliphatic hydroxyl groups excluding tert-OH is 3. The lowest BCUT2D eigenvalue weighted by Gasteiger charge is -2.30. The fourth-order valence-electron chi connectivity index (χ4n) is 4.02. The van der Waals surface area contributed by atoms with Gasteiger partial charge in [-0.1, -0.05) is 42.1 Å². The third kappa shape index (κ3) is 3.96. The van der Waals surface area contributed by atoms with E-state index in [1.165, 1.54) is 11.9 Å². The first-order valence-electron chi connectivity index (χ1n) is 10.5. The van der Waals surface area contributed by atoms with Crippen LogP contribution in [0.15, 0.2) is 41.7 Å². The molecule has 32 heavy (non-hydrogen) atoms. The molecule has 4 atom stereocenters. The molecule has 11 heteroatoms. The number of hydrogen-bond acceptors (Lipinski definition) is 10. The van der Waals surface area contributed by atoms with Gasteiger partial charge in [-0.15, -0.1) is 0 Å². The summed E-state index contributed by atoms with van der Waals surface area (Å²) in [5.41, 5.74) is 2.28. The average Bonchev–Trinajstić information content (AvgIpc) is 3.36. The van der Waals surface area contributed by atoms with Crippen molar-refractivity contribution in [2.75, 3.05) is 37.8 Å². The molecule has 0 aliphatic carbocycles. The highest BCUT2D eigenvalue weighted by Crippen LogP contribution is 2.37. The third-order valence-electron chi connectivity index (χ3n) is 5.71. The van der Waals surface area contributed by atoms with E-state index in [-0.39, 0.29) is 0 Å². The lowest BCUT2D eigenvalue weighted by molar-refractivity contribution is -0.0506. The number of thioether (sulfide) groups is 1. The summed E-state index contributed by atoms with van der Waals surface area (Å²) in [6.45, 7) is 1.96. The van der Waals surface area contributed by atoms with Crippen LogP contribution in [0.3, 0.4) is 0 Å². The SMILES string of the molecule is OC[C@H]1OC(n2c(N3CCOCC3)nc3c(SCc4ccccc4)ncnc32)[C@H](O)[C@@H]1O. The number of morpholine rings is 1. The van der Waals surface area contributed by atoms with Crippen LogP contribution in [0.25, 0.3) is 11.2 Å². The first kappa shape index (κ1) is 21.6. The molecule has 0 saturated carbocycles. The van der Waals surface area contributed by atoms with Gasteiger partial charge in [-0.3, -0.25) is 4.57 Å². The molecule has 4 heterocycles. The van der Waals surface area contributed by atoms with Gasteiger partial charge in [-0.2, -0.15) is 0 Å². The molecule has 0 bridgehead atoms. The molecule has 3 N–H and O–H groups in total. The van der Waals surface area contributed by atoms with Crippen molar-refractivity contribution in [3.8, 4) is 0 Å². The molecule has 0 amide bonds. The number of hydrogen-bond donors (Lipinski definition) is 3. The monoisotopic (exact) mass is 459 g/mol. The van der Waals surface area contributed by atoms with E-state index in [0.29, 0.717) is 43.4 Å². The second kappa shape index (κ2) is 9.30. The molecular formula is C21H25N5O5S. The second-order valence-electron chi connectivity index (χ2n) is 7.74. The smallest absolute Gasteiger partial charge is 0.210 e. The van der Waals surface area contributed by atoms with Gasteiger partial charge in [0, 0.05) is 18.8 Å². The molecule has 0 spiro atoms. The third-order valence-corrected chi connectivity index (χ3v) is 6.76. The van der Waals surface area contributed by atoms with Crippen LogP contribution >= 0.6 is 11.8 Å². The summed E-state index contributed by atoms with van der Waals surface area (Å²) in [7, 11) is 0. The molecule has 170 valence electrons. The number of aliphatic hydroxyl groups is 3. The molecule has 3 aromatic rings. The number of imidazole rings is 1. The van der Waals surface area contributed by atoms with Crippen LogP contribution in [0.4, 0.5) is 5.95 Å². The Hall–Kier alpha value is -2.28. The minimum absolute atomic E-state index is 0.401. The summed E-state index contributed by atoms with van der Waals surface area (Å²) in [6.07, 6.45) is -2.81. The van der Waals surface area contributed by atoms with E-state index in [1.54, 1.807) is 16.3 Å². The number of nitrogens with zero attached hydrogens (tertiary/aromatic N) is 5. The maximum Gasteiger partial charge on any atom is 0.210 e. The van der Waals surface area contributed by atoms with E-state index in [2.05, 4.69) is 22.1 Å². The van der Waals surface area contributed by atoms with E-state index in [9.17, 15) is 15.3 Å². The first-order valence-corrected chi connectivity index (χ1v) is 11.5. The number of benzene rings is 1. The van der Waals surface area contributed by atoms with E-state index >= 15 is 0 Å². The number of anilines is 1. The summed E-state index contributed by atoms with van der Waals surface area (Å²) in [4.78, 5) is 15.8. The van der Waals surface area contributed by atoms with Crippen molar-refractivity contribution in [2.24, 2.45) is 0 Å². The zero-order chi connectivity index (χ0) is 22.1. The van der Waals surface area contributed by atoms with Gasteiger partial charge in [0.2, 0.25) is 5.95 Å². The molecule has 10 nitrogen and oxygen atoms in total. The molecule has 1 aromatic carbocycles. The van der Waals surface area contributed by atoms with Crippen molar-refractivity contribution in [1.29, 1.82) is 0 Å². The van der Waals surface area contributed by atoms with Crippen LogP contribution in [0, 0.1) is 0 Å². The Bertz CT molecular complexity index is 1060. The van der Waals surface area contributed by atoms with Crippen LogP contribution in [0.1, 0.15) is 11.8 Å². The fraction of sp³-hybridized carbons (Fsp3) is 0.476. The average molecular weight is 460 g/mol. The predicted octanol–water partition coefficient (Wildman–Crippen LogP) is 0.567. The number of ether oxygens (including phenoxy) is 2. The lowest BCUT2D eigenvalue weighted by Crippen LogP contribution is -2.39. The highest BCUT2D eigenvalue weighted by atomic mass is 32.2. The van der Waals surface area contributed by atoms with E-state index in [4.69, 9.17) is 14.5 Å². The highest BCUT2D eigenvalue weighted by molar-refractivity contribution is 7.98. The van der Waals surface area contributed by atoms with Crippen molar-refractivity contribution in [1.82, 2.24) is 19.5 Å². The minimum atomic E-state index is -1.24. The summed E-state index contributed by atoms with van der Waals surface area (Å²) in [6, 6.07) is 10.1. The summed E-state index contributed by atoms with van der Waals surface area (Å²) < 4.78 is 13.0. The number of aromatic nitrogens is 4.